The fourth-order valence-electron chi connectivity index (χ4n) is 1.49. The maximum atomic E-state index is 11.9. The normalized spacial score (nSPS) is 11.3. The van der Waals surface area contributed by atoms with Gasteiger partial charge in [-0.3, -0.25) is 25.0 Å². The number of hydrogen-bond donors (Lipinski definition) is 1. The molecule has 1 aromatic rings. The van der Waals surface area contributed by atoms with Crippen LogP contribution in [0.15, 0.2) is 18.2 Å². The predicted molar refractivity (Wildman–Crippen MR) is 68.7 cm³/mol. The molecule has 0 fully saturated rings. The van der Waals surface area contributed by atoms with E-state index in [1.54, 1.807) is 0 Å². The van der Waals surface area contributed by atoms with Gasteiger partial charge in [-0.05, 0) is 13.0 Å². The molecule has 0 saturated heterocycles. The van der Waals surface area contributed by atoms with Crippen LogP contribution in [-0.4, -0.2) is 34.9 Å². The molecule has 1 amide bonds. The first-order chi connectivity index (χ1) is 9.77. The molecule has 0 spiro atoms. The van der Waals surface area contributed by atoms with Crippen molar-refractivity contribution in [2.75, 3.05) is 7.11 Å². The first-order valence-corrected chi connectivity index (χ1v) is 5.59. The summed E-state index contributed by atoms with van der Waals surface area (Å²) < 4.78 is 4.40. The van der Waals surface area contributed by atoms with Gasteiger partial charge in [-0.25, -0.2) is 4.79 Å². The van der Waals surface area contributed by atoms with Crippen LogP contribution in [0.4, 0.5) is 11.4 Å². The molecule has 1 atom stereocenters. The molecule has 0 bridgehead atoms. The second kappa shape index (κ2) is 6.41. The number of carbonyl (C=O) groups is 2. The molecule has 0 saturated carbocycles. The highest BCUT2D eigenvalue weighted by atomic mass is 16.6. The number of ether oxygens (including phenoxy) is 1. The summed E-state index contributed by atoms with van der Waals surface area (Å²) in [6.07, 6.45) is 0. The van der Waals surface area contributed by atoms with Gasteiger partial charge in [0, 0.05) is 6.07 Å². The van der Waals surface area contributed by atoms with Crippen LogP contribution in [0.25, 0.3) is 0 Å². The first kappa shape index (κ1) is 16.0. The highest BCUT2D eigenvalue weighted by Crippen LogP contribution is 2.24. The average Bonchev–Trinajstić information content (AvgIpc) is 2.45. The fraction of sp³-hybridized carbons (Fsp3) is 0.273. The van der Waals surface area contributed by atoms with Gasteiger partial charge < -0.3 is 10.1 Å². The van der Waals surface area contributed by atoms with Crippen LogP contribution < -0.4 is 5.32 Å². The topological polar surface area (TPSA) is 142 Å². The molecule has 0 radical (unpaired) electrons. The number of amides is 1. The van der Waals surface area contributed by atoms with Crippen LogP contribution in [0.2, 0.25) is 0 Å². The van der Waals surface area contributed by atoms with Gasteiger partial charge in [-0.1, -0.05) is 0 Å². The minimum Gasteiger partial charge on any atom is -0.467 e. The maximum Gasteiger partial charge on any atom is 0.328 e. The van der Waals surface area contributed by atoms with E-state index in [9.17, 15) is 29.8 Å². The Kier molecular flexibility index (Phi) is 4.89. The molecule has 1 rings (SSSR count). The minimum atomic E-state index is -1.02. The van der Waals surface area contributed by atoms with Crippen LogP contribution in [0.5, 0.6) is 0 Å². The van der Waals surface area contributed by atoms with E-state index in [-0.39, 0.29) is 5.56 Å². The number of nitrogens with one attached hydrogen (secondary N) is 1. The summed E-state index contributed by atoms with van der Waals surface area (Å²) in [4.78, 5) is 42.8. The van der Waals surface area contributed by atoms with Gasteiger partial charge in [0.1, 0.15) is 11.6 Å². The van der Waals surface area contributed by atoms with E-state index in [0.29, 0.717) is 6.07 Å². The van der Waals surface area contributed by atoms with Crippen molar-refractivity contribution in [3.8, 4) is 0 Å². The van der Waals surface area contributed by atoms with E-state index in [1.165, 1.54) is 6.92 Å². The molecule has 21 heavy (non-hydrogen) atoms. The Balaban J connectivity index is 3.12. The third kappa shape index (κ3) is 3.72. The Morgan fingerprint density at radius 1 is 1.24 bits per heavy atom. The Bertz CT molecular complexity index is 614. The second-order valence-corrected chi connectivity index (χ2v) is 3.93. The van der Waals surface area contributed by atoms with Crippen molar-refractivity contribution in [1.29, 1.82) is 0 Å². The highest BCUT2D eigenvalue weighted by Gasteiger charge is 2.26. The summed E-state index contributed by atoms with van der Waals surface area (Å²) in [5.41, 5.74) is -1.63. The molecule has 0 aliphatic heterocycles. The molecule has 0 unspecified atom stereocenters. The van der Waals surface area contributed by atoms with Crippen molar-refractivity contribution in [3.63, 3.8) is 0 Å². The molecule has 10 nitrogen and oxygen atoms in total. The summed E-state index contributed by atoms with van der Waals surface area (Å²) in [5, 5.41) is 23.7. The van der Waals surface area contributed by atoms with Crippen LogP contribution in [-0.2, 0) is 9.53 Å². The lowest BCUT2D eigenvalue weighted by atomic mass is 10.1. The third-order valence-corrected chi connectivity index (χ3v) is 2.54. The average molecular weight is 297 g/mol. The number of carbonyl (C=O) groups excluding carboxylic acids is 2. The molecule has 112 valence electrons. The number of methoxy groups -OCH3 is 1. The van der Waals surface area contributed by atoms with Crippen molar-refractivity contribution in [1.82, 2.24) is 5.32 Å². The molecule has 10 heteroatoms. The monoisotopic (exact) mass is 297 g/mol. The van der Waals surface area contributed by atoms with Crippen molar-refractivity contribution in [2.24, 2.45) is 0 Å². The Hall–Kier alpha value is -3.04. The van der Waals surface area contributed by atoms with Crippen molar-refractivity contribution < 1.29 is 24.2 Å². The van der Waals surface area contributed by atoms with E-state index in [0.717, 1.165) is 19.2 Å². The van der Waals surface area contributed by atoms with Gasteiger partial charge in [-0.15, -0.1) is 0 Å². The van der Waals surface area contributed by atoms with Gasteiger partial charge in [-0.2, -0.15) is 0 Å². The Labute approximate surface area is 118 Å². The standard InChI is InChI=1S/C11H11N3O7/c1-6(11(16)21-2)12-10(15)8-4-3-7(13(17)18)5-9(8)14(19)20/h3-6H,1-2H3,(H,12,15)/t6-/m1/s1. The molecule has 1 aromatic carbocycles. The molecular formula is C11H11N3O7. The number of non-ortho nitro benzene ring substituents is 1. The van der Waals surface area contributed by atoms with Crippen molar-refractivity contribution in [3.05, 3.63) is 44.0 Å². The number of esters is 1. The molecule has 0 aliphatic carbocycles. The quantitative estimate of drug-likeness (QED) is 0.481. The zero-order valence-electron chi connectivity index (χ0n) is 11.1. The van der Waals surface area contributed by atoms with Crippen LogP contribution in [0.3, 0.4) is 0 Å². The van der Waals surface area contributed by atoms with Crippen molar-refractivity contribution in [2.45, 2.75) is 13.0 Å². The zero-order chi connectivity index (χ0) is 16.2. The smallest absolute Gasteiger partial charge is 0.328 e. The Morgan fingerprint density at radius 2 is 1.86 bits per heavy atom. The van der Waals surface area contributed by atoms with Gasteiger partial charge in [0.2, 0.25) is 0 Å². The summed E-state index contributed by atoms with van der Waals surface area (Å²) in [6.45, 7) is 1.33. The van der Waals surface area contributed by atoms with E-state index in [2.05, 4.69) is 10.1 Å². The second-order valence-electron chi connectivity index (χ2n) is 3.93. The molecule has 0 aromatic heterocycles. The predicted octanol–water partition coefficient (Wildman–Crippen LogP) is 0.794. The third-order valence-electron chi connectivity index (χ3n) is 2.54. The Morgan fingerprint density at radius 3 is 2.33 bits per heavy atom. The first-order valence-electron chi connectivity index (χ1n) is 5.59. The number of nitrogens with zero attached hydrogens (tertiary/aromatic N) is 2. The lowest BCUT2D eigenvalue weighted by Gasteiger charge is -2.11. The molecule has 0 aliphatic rings. The van der Waals surface area contributed by atoms with Gasteiger partial charge >= 0.3 is 5.97 Å². The number of rotatable bonds is 5. The molecular weight excluding hydrogens is 286 g/mol. The van der Waals surface area contributed by atoms with Crippen LogP contribution in [0.1, 0.15) is 17.3 Å². The van der Waals surface area contributed by atoms with Crippen molar-refractivity contribution >= 4 is 23.3 Å². The zero-order valence-corrected chi connectivity index (χ0v) is 11.1. The number of hydrogen-bond acceptors (Lipinski definition) is 7. The molecule has 1 N–H and O–H groups in total. The summed E-state index contributed by atoms with van der Waals surface area (Å²) in [5.74, 6) is -1.64. The highest BCUT2D eigenvalue weighted by molar-refractivity contribution is 6.00. The maximum absolute atomic E-state index is 11.9. The summed E-state index contributed by atoms with van der Waals surface area (Å²) in [6, 6.07) is 1.58. The fourth-order valence-corrected chi connectivity index (χ4v) is 1.49. The number of nitro groups is 2. The van der Waals surface area contributed by atoms with Gasteiger partial charge in [0.25, 0.3) is 17.3 Å². The van der Waals surface area contributed by atoms with E-state index >= 15 is 0 Å². The number of nitro benzene ring substituents is 2. The van der Waals surface area contributed by atoms with Gasteiger partial charge in [0.05, 0.1) is 23.0 Å². The van der Waals surface area contributed by atoms with Crippen LogP contribution in [0, 0.1) is 20.2 Å². The largest absolute Gasteiger partial charge is 0.467 e. The lowest BCUT2D eigenvalue weighted by Crippen LogP contribution is -2.39. The SMILES string of the molecule is COC(=O)[C@@H](C)NC(=O)c1ccc([N+](=O)[O-])cc1[N+](=O)[O-]. The summed E-state index contributed by atoms with van der Waals surface area (Å²) >= 11 is 0. The van der Waals surface area contributed by atoms with Gasteiger partial charge in [0.15, 0.2) is 0 Å². The summed E-state index contributed by atoms with van der Waals surface area (Å²) in [7, 11) is 1.12. The van der Waals surface area contributed by atoms with Crippen LogP contribution >= 0.6 is 0 Å². The minimum absolute atomic E-state index is 0.388. The van der Waals surface area contributed by atoms with E-state index in [4.69, 9.17) is 0 Å². The number of benzene rings is 1. The lowest BCUT2D eigenvalue weighted by molar-refractivity contribution is -0.394. The molecule has 0 heterocycles. The van der Waals surface area contributed by atoms with E-state index < -0.39 is 39.1 Å². The van der Waals surface area contributed by atoms with E-state index in [1.807, 2.05) is 0 Å².